The molecular weight excluding hydrogens is 494 g/mol. The van der Waals surface area contributed by atoms with Crippen molar-refractivity contribution in [3.8, 4) is 5.75 Å². The average molecular weight is 524 g/mol. The van der Waals surface area contributed by atoms with Crippen LogP contribution < -0.4 is 10.1 Å². The van der Waals surface area contributed by atoms with Gasteiger partial charge in [0.05, 0.1) is 17.5 Å². The summed E-state index contributed by atoms with van der Waals surface area (Å²) in [4.78, 5) is 26.1. The number of benzene rings is 1. The van der Waals surface area contributed by atoms with Crippen molar-refractivity contribution in [3.63, 3.8) is 0 Å². The van der Waals surface area contributed by atoms with Crippen molar-refractivity contribution in [2.24, 2.45) is 0 Å². The minimum atomic E-state index is -0.827. The highest BCUT2D eigenvalue weighted by molar-refractivity contribution is 8.01. The van der Waals surface area contributed by atoms with Gasteiger partial charge in [-0.3, -0.25) is 9.69 Å². The number of hydrogen-bond donors (Lipinski definition) is 2. The smallest absolute Gasteiger partial charge is 0.246 e. The van der Waals surface area contributed by atoms with Crippen LogP contribution in [-0.4, -0.2) is 63.1 Å². The summed E-state index contributed by atoms with van der Waals surface area (Å²) in [6, 6.07) is 9.87. The predicted octanol–water partition coefficient (Wildman–Crippen LogP) is 4.60. The predicted molar refractivity (Wildman–Crippen MR) is 142 cm³/mol. The highest BCUT2D eigenvalue weighted by Crippen LogP contribution is 2.41. The minimum Gasteiger partial charge on any atom is -0.496 e. The molecule has 36 heavy (non-hydrogen) atoms. The number of aliphatic hydroxyl groups excluding tert-OH is 1. The number of methoxy groups -OCH3 is 1. The molecule has 4 heterocycles. The number of nitrogens with zero attached hydrogens (tertiary/aromatic N) is 4. The third kappa shape index (κ3) is 4.99. The lowest BCUT2D eigenvalue weighted by molar-refractivity contribution is -0.135. The minimum absolute atomic E-state index is 0.0234. The zero-order valence-electron chi connectivity index (χ0n) is 20.3. The number of anilines is 2. The molecule has 2 fully saturated rings. The van der Waals surface area contributed by atoms with E-state index in [1.54, 1.807) is 36.4 Å². The van der Waals surface area contributed by atoms with Gasteiger partial charge in [0.1, 0.15) is 17.8 Å². The molecule has 1 unspecified atom stereocenters. The summed E-state index contributed by atoms with van der Waals surface area (Å²) in [6.07, 6.45) is 6.03. The number of aromatic nitrogens is 2. The lowest BCUT2D eigenvalue weighted by atomic mass is 10.1. The van der Waals surface area contributed by atoms with Crippen LogP contribution in [0.25, 0.3) is 0 Å². The fourth-order valence-electron chi connectivity index (χ4n) is 4.98. The van der Waals surface area contributed by atoms with E-state index in [2.05, 4.69) is 26.8 Å². The largest absolute Gasteiger partial charge is 0.496 e. The maximum atomic E-state index is 12.3. The van der Waals surface area contributed by atoms with E-state index >= 15 is 0 Å². The van der Waals surface area contributed by atoms with Crippen LogP contribution in [0.5, 0.6) is 5.75 Å². The molecule has 0 saturated carbocycles. The quantitative estimate of drug-likeness (QED) is 0.414. The number of ether oxygens (including phenoxy) is 1. The maximum absolute atomic E-state index is 12.3. The second-order valence-electron chi connectivity index (χ2n) is 8.95. The van der Waals surface area contributed by atoms with Gasteiger partial charge in [0, 0.05) is 41.8 Å². The summed E-state index contributed by atoms with van der Waals surface area (Å²) in [5.74, 6) is 1.38. The molecule has 8 nitrogen and oxygen atoms in total. The van der Waals surface area contributed by atoms with Crippen molar-refractivity contribution in [2.45, 2.75) is 47.2 Å². The van der Waals surface area contributed by atoms with Crippen LogP contribution in [0.4, 0.5) is 10.9 Å². The summed E-state index contributed by atoms with van der Waals surface area (Å²) in [6.45, 7) is 6.92. The Bertz CT molecular complexity index is 1240. The van der Waals surface area contributed by atoms with Crippen molar-refractivity contribution in [2.75, 3.05) is 25.5 Å². The van der Waals surface area contributed by atoms with Crippen LogP contribution >= 0.6 is 23.1 Å². The van der Waals surface area contributed by atoms with E-state index in [0.717, 1.165) is 44.0 Å². The van der Waals surface area contributed by atoms with Gasteiger partial charge in [0.25, 0.3) is 0 Å². The molecular formula is C26H29N5O3S2. The van der Waals surface area contributed by atoms with E-state index < -0.39 is 6.23 Å². The molecule has 0 radical (unpaired) electrons. The lowest BCUT2D eigenvalue weighted by Crippen LogP contribution is -2.56. The number of hydrogen-bond acceptors (Lipinski definition) is 9. The third-order valence-electron chi connectivity index (χ3n) is 6.69. The molecule has 0 spiro atoms. The Hall–Kier alpha value is -2.92. The normalized spacial score (nSPS) is 20.2. The number of carbonyl (C=O) groups is 1. The van der Waals surface area contributed by atoms with Crippen molar-refractivity contribution in [1.29, 1.82) is 0 Å². The average Bonchev–Trinajstić information content (AvgIpc) is 3.44. The number of nitrogens with one attached hydrogen (secondary N) is 1. The van der Waals surface area contributed by atoms with Gasteiger partial charge < -0.3 is 20.1 Å². The van der Waals surface area contributed by atoms with E-state index in [0.29, 0.717) is 18.8 Å². The van der Waals surface area contributed by atoms with Gasteiger partial charge in [0.15, 0.2) is 5.13 Å². The standard InChI is InChI=1S/C26H29N5O3S2/c1-4-23(32)31-17-8-9-18(31)15-30(14-17)25(33)19-12-21(16(2)11-20(19)34-3)35-24-13-28-26(36-24)29-22-7-5-6-10-27-22/h4-7,10-13,17-18,25,33H,1,8-9,14-15H2,2-3H3,(H,27,28,29)/t17-,18-,25?/m1/s1. The van der Waals surface area contributed by atoms with Crippen LogP contribution in [0.15, 0.2) is 64.5 Å². The van der Waals surface area contributed by atoms with Crippen molar-refractivity contribution in [1.82, 2.24) is 19.8 Å². The summed E-state index contributed by atoms with van der Waals surface area (Å²) in [5.41, 5.74) is 1.78. The van der Waals surface area contributed by atoms with Crippen molar-refractivity contribution < 1.29 is 14.6 Å². The molecule has 1 amide bonds. The maximum Gasteiger partial charge on any atom is 0.246 e. The summed E-state index contributed by atoms with van der Waals surface area (Å²) >= 11 is 3.16. The molecule has 10 heteroatoms. The third-order valence-corrected chi connectivity index (χ3v) is 8.86. The summed E-state index contributed by atoms with van der Waals surface area (Å²) < 4.78 is 6.68. The molecule has 2 bridgehead atoms. The highest BCUT2D eigenvalue weighted by Gasteiger charge is 2.43. The number of likely N-dealkylation sites (tertiary alicyclic amines) is 1. The summed E-state index contributed by atoms with van der Waals surface area (Å²) in [5, 5.41) is 15.4. The molecule has 2 aliphatic heterocycles. The Balaban J connectivity index is 1.34. The lowest BCUT2D eigenvalue weighted by Gasteiger charge is -2.42. The monoisotopic (exact) mass is 523 g/mol. The molecule has 2 aromatic heterocycles. The van der Waals surface area contributed by atoms with Crippen LogP contribution in [-0.2, 0) is 4.79 Å². The Morgan fingerprint density at radius 2 is 2.08 bits per heavy atom. The number of aliphatic hydroxyl groups is 1. The van der Waals surface area contributed by atoms with Crippen molar-refractivity contribution >= 4 is 40.0 Å². The van der Waals surface area contributed by atoms with Crippen LogP contribution in [0.2, 0.25) is 0 Å². The second-order valence-corrected chi connectivity index (χ2v) is 11.3. The first-order valence-electron chi connectivity index (χ1n) is 11.8. The number of amides is 1. The zero-order chi connectivity index (χ0) is 25.2. The van der Waals surface area contributed by atoms with Crippen molar-refractivity contribution in [3.05, 3.63) is 66.5 Å². The Labute approximate surface area is 219 Å². The summed E-state index contributed by atoms with van der Waals surface area (Å²) in [7, 11) is 1.63. The fourth-order valence-corrected chi connectivity index (χ4v) is 6.94. The van der Waals surface area contributed by atoms with E-state index in [-0.39, 0.29) is 18.0 Å². The van der Waals surface area contributed by atoms with Gasteiger partial charge in [-0.2, -0.15) is 0 Å². The molecule has 3 atom stereocenters. The number of carbonyl (C=O) groups excluding carboxylic acids is 1. The number of piperazine rings is 1. The highest BCUT2D eigenvalue weighted by atomic mass is 32.2. The van der Waals surface area contributed by atoms with Crippen LogP contribution in [0, 0.1) is 6.92 Å². The molecule has 2 saturated heterocycles. The van der Waals surface area contributed by atoms with Gasteiger partial charge in [-0.05, 0) is 55.7 Å². The number of thiazole rings is 1. The fraction of sp³-hybridized carbons (Fsp3) is 0.346. The second kappa shape index (κ2) is 10.6. The zero-order valence-corrected chi connectivity index (χ0v) is 21.9. The van der Waals surface area contributed by atoms with E-state index in [1.165, 1.54) is 6.08 Å². The van der Waals surface area contributed by atoms with E-state index in [9.17, 15) is 9.90 Å². The van der Waals surface area contributed by atoms with E-state index in [4.69, 9.17) is 4.74 Å². The van der Waals surface area contributed by atoms with Gasteiger partial charge in [-0.1, -0.05) is 35.7 Å². The molecule has 1 aromatic carbocycles. The molecule has 188 valence electrons. The van der Waals surface area contributed by atoms with E-state index in [1.807, 2.05) is 48.4 Å². The van der Waals surface area contributed by atoms with Gasteiger partial charge >= 0.3 is 0 Å². The Morgan fingerprint density at radius 3 is 2.75 bits per heavy atom. The van der Waals surface area contributed by atoms with Gasteiger partial charge in [-0.15, -0.1) is 0 Å². The Morgan fingerprint density at radius 1 is 1.31 bits per heavy atom. The SMILES string of the molecule is C=CC(=O)N1[C@@H]2CC[C@@H]1CN(C(O)c1cc(Sc3cnc(Nc4ccccn4)s3)c(C)cc1OC)C2. The van der Waals surface area contributed by atoms with Crippen LogP contribution in [0.3, 0.4) is 0 Å². The number of aryl methyl sites for hydroxylation is 1. The molecule has 2 N–H and O–H groups in total. The first-order valence-corrected chi connectivity index (χ1v) is 13.5. The number of pyridine rings is 1. The van der Waals surface area contributed by atoms with Gasteiger partial charge in [0.2, 0.25) is 5.91 Å². The molecule has 0 aliphatic carbocycles. The Kier molecular flexibility index (Phi) is 7.29. The number of rotatable bonds is 8. The first-order chi connectivity index (χ1) is 17.5. The van der Waals surface area contributed by atoms with Crippen LogP contribution in [0.1, 0.15) is 30.2 Å². The first kappa shape index (κ1) is 24.8. The van der Waals surface area contributed by atoms with Gasteiger partial charge in [-0.25, -0.2) is 9.97 Å². The topological polar surface area (TPSA) is 90.8 Å². The molecule has 2 aliphatic rings. The number of fused-ring (bicyclic) bond motifs is 2. The molecule has 3 aromatic rings. The molecule has 5 rings (SSSR count).